The molecule has 1 aromatic heterocycles. The minimum absolute atomic E-state index is 0.261. The van der Waals surface area contributed by atoms with Crippen LogP contribution in [-0.4, -0.2) is 35.7 Å². The minimum atomic E-state index is -0.261. The second kappa shape index (κ2) is 6.13. The molecule has 0 fully saturated rings. The van der Waals surface area contributed by atoms with Crippen molar-refractivity contribution in [2.75, 3.05) is 20.6 Å². The van der Waals surface area contributed by atoms with Crippen molar-refractivity contribution in [2.45, 2.75) is 6.04 Å². The van der Waals surface area contributed by atoms with Gasteiger partial charge in [0.2, 0.25) is 0 Å². The molecule has 0 bridgehead atoms. The van der Waals surface area contributed by atoms with Gasteiger partial charge in [-0.15, -0.1) is 0 Å². The highest BCUT2D eigenvalue weighted by atomic mass is 79.9. The summed E-state index contributed by atoms with van der Waals surface area (Å²) in [5, 5.41) is 3.94. The molecule has 0 radical (unpaired) electrons. The number of hydrogen-bond donors (Lipinski definition) is 1. The summed E-state index contributed by atoms with van der Waals surface area (Å²) in [6.45, 7) is 0.668. The molecule has 2 N–H and O–H groups in total. The van der Waals surface area contributed by atoms with Crippen molar-refractivity contribution in [1.82, 2.24) is 15.0 Å². The van der Waals surface area contributed by atoms with Gasteiger partial charge in [-0.2, -0.15) is 4.98 Å². The first-order valence-corrected chi connectivity index (χ1v) is 7.24. The van der Waals surface area contributed by atoms with Crippen molar-refractivity contribution >= 4 is 31.9 Å². The molecule has 0 saturated heterocycles. The summed E-state index contributed by atoms with van der Waals surface area (Å²) >= 11 is 6.86. The summed E-state index contributed by atoms with van der Waals surface area (Å²) in [5.41, 5.74) is 6.85. The van der Waals surface area contributed by atoms with Crippen LogP contribution in [0.2, 0.25) is 0 Å². The van der Waals surface area contributed by atoms with Crippen LogP contribution in [0.15, 0.2) is 31.7 Å². The molecule has 7 heteroatoms. The van der Waals surface area contributed by atoms with Gasteiger partial charge in [-0.1, -0.05) is 37.0 Å². The maximum Gasteiger partial charge on any atom is 0.258 e. The van der Waals surface area contributed by atoms with Gasteiger partial charge in [-0.3, -0.25) is 0 Å². The molecule has 5 nitrogen and oxygen atoms in total. The van der Waals surface area contributed by atoms with Crippen LogP contribution in [0.1, 0.15) is 11.9 Å². The fourth-order valence-corrected chi connectivity index (χ4v) is 2.95. The number of hydrogen-bond acceptors (Lipinski definition) is 5. The van der Waals surface area contributed by atoms with Crippen LogP contribution in [0, 0.1) is 0 Å². The molecule has 1 heterocycles. The van der Waals surface area contributed by atoms with Gasteiger partial charge < -0.3 is 15.2 Å². The third-order valence-corrected chi connectivity index (χ3v) is 3.36. The van der Waals surface area contributed by atoms with E-state index in [2.05, 4.69) is 42.0 Å². The number of rotatable bonds is 4. The molecule has 102 valence electrons. The van der Waals surface area contributed by atoms with Crippen LogP contribution in [-0.2, 0) is 0 Å². The Bertz CT molecular complexity index is 550. The number of halogens is 2. The van der Waals surface area contributed by atoms with E-state index in [0.717, 1.165) is 14.5 Å². The lowest BCUT2D eigenvalue weighted by Crippen LogP contribution is -2.26. The molecule has 0 aliphatic carbocycles. The van der Waals surface area contributed by atoms with E-state index in [1.807, 2.05) is 37.2 Å². The van der Waals surface area contributed by atoms with Crippen LogP contribution in [0.25, 0.3) is 11.5 Å². The fraction of sp³-hybridized carbons (Fsp3) is 0.333. The third-order valence-electron chi connectivity index (χ3n) is 2.44. The van der Waals surface area contributed by atoms with Gasteiger partial charge >= 0.3 is 0 Å². The zero-order valence-corrected chi connectivity index (χ0v) is 13.8. The van der Waals surface area contributed by atoms with Gasteiger partial charge in [-0.25, -0.2) is 0 Å². The van der Waals surface area contributed by atoms with Gasteiger partial charge in [0.05, 0.1) is 6.04 Å². The number of likely N-dealkylation sites (N-methyl/N-ethyl adjacent to an activating group) is 1. The van der Waals surface area contributed by atoms with E-state index in [1.165, 1.54) is 0 Å². The molecule has 0 aliphatic heterocycles. The number of aromatic nitrogens is 2. The lowest BCUT2D eigenvalue weighted by atomic mass is 10.2. The first-order valence-electron chi connectivity index (χ1n) is 5.66. The topological polar surface area (TPSA) is 68.2 Å². The molecular weight excluding hydrogens is 376 g/mol. The maximum absolute atomic E-state index is 6.00. The Morgan fingerprint density at radius 1 is 1.26 bits per heavy atom. The van der Waals surface area contributed by atoms with E-state index in [1.54, 1.807) is 0 Å². The molecule has 1 aromatic carbocycles. The van der Waals surface area contributed by atoms with Crippen LogP contribution in [0.3, 0.4) is 0 Å². The largest absolute Gasteiger partial charge is 0.334 e. The molecule has 1 atom stereocenters. The van der Waals surface area contributed by atoms with Gasteiger partial charge in [0, 0.05) is 21.1 Å². The van der Waals surface area contributed by atoms with Crippen LogP contribution >= 0.6 is 31.9 Å². The van der Waals surface area contributed by atoms with E-state index in [4.69, 9.17) is 10.3 Å². The summed E-state index contributed by atoms with van der Waals surface area (Å²) < 4.78 is 7.14. The minimum Gasteiger partial charge on any atom is -0.334 e. The predicted octanol–water partition coefficient (Wildman–Crippen LogP) is 2.82. The quantitative estimate of drug-likeness (QED) is 0.870. The zero-order chi connectivity index (χ0) is 14.0. The standard InChI is InChI=1S/C12H14Br2N4O/c1-18(2)6-10(15)11-16-12(19-17-11)7-3-8(13)5-9(14)4-7/h3-5,10H,6,15H2,1-2H3. The predicted molar refractivity (Wildman–Crippen MR) is 80.6 cm³/mol. The highest BCUT2D eigenvalue weighted by molar-refractivity contribution is 9.11. The number of nitrogens with zero attached hydrogens (tertiary/aromatic N) is 3. The summed E-state index contributed by atoms with van der Waals surface area (Å²) in [5.74, 6) is 0.978. The average molecular weight is 390 g/mol. The van der Waals surface area contributed by atoms with Crippen molar-refractivity contribution in [3.8, 4) is 11.5 Å². The Hall–Kier alpha value is -0.760. The second-order valence-corrected chi connectivity index (χ2v) is 6.32. The SMILES string of the molecule is CN(C)CC(N)c1noc(-c2cc(Br)cc(Br)c2)n1. The lowest BCUT2D eigenvalue weighted by molar-refractivity contribution is 0.357. The maximum atomic E-state index is 6.00. The first-order chi connectivity index (χ1) is 8.95. The summed E-state index contributed by atoms with van der Waals surface area (Å²) in [4.78, 5) is 6.33. The van der Waals surface area contributed by atoms with Crippen LogP contribution < -0.4 is 5.73 Å². The van der Waals surface area contributed by atoms with E-state index in [9.17, 15) is 0 Å². The Balaban J connectivity index is 2.25. The third kappa shape index (κ3) is 3.85. The molecule has 2 rings (SSSR count). The molecule has 0 spiro atoms. The highest BCUT2D eigenvalue weighted by Gasteiger charge is 2.16. The summed E-state index contributed by atoms with van der Waals surface area (Å²) in [7, 11) is 3.90. The van der Waals surface area contributed by atoms with E-state index in [0.29, 0.717) is 18.3 Å². The molecule has 0 aliphatic rings. The molecule has 19 heavy (non-hydrogen) atoms. The number of benzene rings is 1. The second-order valence-electron chi connectivity index (χ2n) is 4.48. The van der Waals surface area contributed by atoms with Crippen molar-refractivity contribution in [3.05, 3.63) is 33.0 Å². The smallest absolute Gasteiger partial charge is 0.258 e. The van der Waals surface area contributed by atoms with Gasteiger partial charge in [0.25, 0.3) is 5.89 Å². The van der Waals surface area contributed by atoms with E-state index in [-0.39, 0.29) is 6.04 Å². The van der Waals surface area contributed by atoms with Gasteiger partial charge in [0.1, 0.15) is 0 Å². The highest BCUT2D eigenvalue weighted by Crippen LogP contribution is 2.27. The normalized spacial score (nSPS) is 12.9. The Labute approximate surface area is 128 Å². The molecule has 0 amide bonds. The molecule has 2 aromatic rings. The summed E-state index contributed by atoms with van der Waals surface area (Å²) in [6.07, 6.45) is 0. The van der Waals surface area contributed by atoms with E-state index >= 15 is 0 Å². The van der Waals surface area contributed by atoms with Gasteiger partial charge in [0.15, 0.2) is 5.82 Å². The van der Waals surface area contributed by atoms with E-state index < -0.39 is 0 Å². The molecular formula is C12H14Br2N4O. The lowest BCUT2D eigenvalue weighted by Gasteiger charge is -2.12. The van der Waals surface area contributed by atoms with Crippen LogP contribution in [0.5, 0.6) is 0 Å². The van der Waals surface area contributed by atoms with Crippen molar-refractivity contribution in [1.29, 1.82) is 0 Å². The van der Waals surface area contributed by atoms with Crippen molar-refractivity contribution in [2.24, 2.45) is 5.73 Å². The van der Waals surface area contributed by atoms with Crippen molar-refractivity contribution in [3.63, 3.8) is 0 Å². The van der Waals surface area contributed by atoms with Gasteiger partial charge in [-0.05, 0) is 32.3 Å². The zero-order valence-electron chi connectivity index (χ0n) is 10.6. The van der Waals surface area contributed by atoms with Crippen molar-refractivity contribution < 1.29 is 4.52 Å². The number of nitrogens with two attached hydrogens (primary N) is 1. The fourth-order valence-electron chi connectivity index (χ4n) is 1.66. The molecule has 0 saturated carbocycles. The Morgan fingerprint density at radius 3 is 2.47 bits per heavy atom. The monoisotopic (exact) mass is 388 g/mol. The average Bonchev–Trinajstić information content (AvgIpc) is 2.75. The Kier molecular flexibility index (Phi) is 4.72. The first kappa shape index (κ1) is 14.6. The van der Waals surface area contributed by atoms with Crippen LogP contribution in [0.4, 0.5) is 0 Å². The summed E-state index contributed by atoms with van der Waals surface area (Å²) in [6, 6.07) is 5.51. The molecule has 1 unspecified atom stereocenters. The Morgan fingerprint density at radius 2 is 1.89 bits per heavy atom.